The highest BCUT2D eigenvalue weighted by atomic mass is 32.2. The lowest BCUT2D eigenvalue weighted by Crippen LogP contribution is -2.26. The predicted octanol–water partition coefficient (Wildman–Crippen LogP) is 1.64. The molecule has 0 aliphatic heterocycles. The zero-order valence-electron chi connectivity index (χ0n) is 18.1. The molecule has 0 amide bonds. The first-order valence-electron chi connectivity index (χ1n) is 9.45. The van der Waals surface area contributed by atoms with Crippen molar-refractivity contribution in [3.05, 3.63) is 65.1 Å². The first-order chi connectivity index (χ1) is 16.6. The molecule has 0 saturated carbocycles. The van der Waals surface area contributed by atoms with Crippen LogP contribution in [0.5, 0.6) is 0 Å². The Morgan fingerprint density at radius 1 is 1.11 bits per heavy atom. The Labute approximate surface area is 199 Å². The monoisotopic (exact) mass is 536 g/mol. The average molecular weight is 536 g/mol. The van der Waals surface area contributed by atoms with Gasteiger partial charge in [-0.05, 0) is 12.1 Å². The Morgan fingerprint density at radius 2 is 1.69 bits per heavy atom. The van der Waals surface area contributed by atoms with E-state index >= 15 is 0 Å². The van der Waals surface area contributed by atoms with Crippen LogP contribution in [0.15, 0.2) is 64.3 Å². The summed E-state index contributed by atoms with van der Waals surface area (Å²) in [5.41, 5.74) is 5.28. The van der Waals surface area contributed by atoms with Crippen molar-refractivity contribution in [2.75, 3.05) is 12.8 Å². The minimum absolute atomic E-state index is 0.150. The summed E-state index contributed by atoms with van der Waals surface area (Å²) >= 11 is 0. The van der Waals surface area contributed by atoms with Gasteiger partial charge in [-0.25, -0.2) is 32.2 Å². The van der Waals surface area contributed by atoms with Crippen LogP contribution in [0.1, 0.15) is 0 Å². The number of sulfone groups is 1. The summed E-state index contributed by atoms with van der Waals surface area (Å²) in [6, 6.07) is 6.11. The van der Waals surface area contributed by atoms with Crippen molar-refractivity contribution in [1.82, 2.24) is 24.3 Å². The van der Waals surface area contributed by atoms with Gasteiger partial charge in [0.05, 0.1) is 29.5 Å². The summed E-state index contributed by atoms with van der Waals surface area (Å²) in [7, 11) is -3.30. The number of aliphatic carboxylic acids is 1. The van der Waals surface area contributed by atoms with Crippen molar-refractivity contribution >= 4 is 15.8 Å². The largest absolute Gasteiger partial charge is 0.490 e. The van der Waals surface area contributed by atoms with Gasteiger partial charge in [-0.15, -0.1) is 0 Å². The molecule has 2 aromatic heterocycles. The van der Waals surface area contributed by atoms with Crippen LogP contribution in [0.3, 0.4) is 0 Å². The van der Waals surface area contributed by atoms with E-state index in [1.807, 2.05) is 0 Å². The third-order valence-electron chi connectivity index (χ3n) is 4.29. The van der Waals surface area contributed by atoms with Crippen LogP contribution in [-0.2, 0) is 21.2 Å². The molecule has 17 heteroatoms. The van der Waals surface area contributed by atoms with Gasteiger partial charge in [-0.2, -0.15) is 27.1 Å². The second-order valence-electron chi connectivity index (χ2n) is 6.87. The highest BCUT2D eigenvalue weighted by Crippen LogP contribution is 2.19. The number of halogens is 5. The van der Waals surface area contributed by atoms with E-state index in [1.54, 1.807) is 12.1 Å². The van der Waals surface area contributed by atoms with E-state index in [0.29, 0.717) is 11.3 Å². The van der Waals surface area contributed by atoms with Crippen LogP contribution >= 0.6 is 0 Å². The molecular formula is C19H17F5N6O5S. The number of aromatic nitrogens is 5. The molecule has 0 aliphatic carbocycles. The lowest BCUT2D eigenvalue weighted by Gasteiger charge is -2.04. The number of hydrogen-bond donors (Lipinski definition) is 2. The van der Waals surface area contributed by atoms with Gasteiger partial charge in [0.25, 0.3) is 6.08 Å². The number of rotatable bonds is 6. The smallest absolute Gasteiger partial charge is 0.475 e. The summed E-state index contributed by atoms with van der Waals surface area (Å²) in [6.45, 7) is -0.822. The fourth-order valence-corrected chi connectivity index (χ4v) is 3.08. The van der Waals surface area contributed by atoms with Crippen LogP contribution in [0, 0.1) is 0 Å². The van der Waals surface area contributed by atoms with Crippen molar-refractivity contribution in [3.63, 3.8) is 0 Å². The zero-order valence-corrected chi connectivity index (χ0v) is 19.0. The predicted molar refractivity (Wildman–Crippen MR) is 114 cm³/mol. The number of nitrogens with zero attached hydrogens (tertiary/aromatic N) is 5. The molecule has 0 saturated heterocycles. The molecule has 194 valence electrons. The van der Waals surface area contributed by atoms with Gasteiger partial charge in [-0.1, -0.05) is 12.1 Å². The van der Waals surface area contributed by atoms with Crippen molar-refractivity contribution in [2.45, 2.75) is 17.6 Å². The van der Waals surface area contributed by atoms with Gasteiger partial charge in [0, 0.05) is 23.9 Å². The molecular weight excluding hydrogens is 519 g/mol. The Balaban J connectivity index is 0.000000572. The Morgan fingerprint density at radius 3 is 2.11 bits per heavy atom. The van der Waals surface area contributed by atoms with Crippen molar-refractivity contribution < 1.29 is 40.3 Å². The normalized spacial score (nSPS) is 11.4. The van der Waals surface area contributed by atoms with Crippen LogP contribution < -0.4 is 11.4 Å². The molecule has 0 radical (unpaired) electrons. The van der Waals surface area contributed by atoms with Crippen LogP contribution in [0.2, 0.25) is 0 Å². The number of carboxylic acids is 1. The third kappa shape index (κ3) is 7.25. The van der Waals surface area contributed by atoms with Crippen molar-refractivity contribution in [2.24, 2.45) is 5.73 Å². The maximum absolute atomic E-state index is 12.7. The number of nitrogens with two attached hydrogens (primary N) is 1. The second kappa shape index (κ2) is 11.2. The molecule has 0 bridgehead atoms. The molecule has 3 N–H and O–H groups in total. The van der Waals surface area contributed by atoms with Gasteiger partial charge >= 0.3 is 17.8 Å². The van der Waals surface area contributed by atoms with E-state index in [4.69, 9.17) is 15.6 Å². The average Bonchev–Trinajstić information content (AvgIpc) is 3.16. The van der Waals surface area contributed by atoms with E-state index < -0.39 is 52.4 Å². The topological polar surface area (TPSA) is 163 Å². The molecule has 0 aliphatic rings. The summed E-state index contributed by atoms with van der Waals surface area (Å²) in [6.07, 6.45) is -2.04. The Bertz CT molecular complexity index is 1410. The molecule has 36 heavy (non-hydrogen) atoms. The number of hydrogen-bond acceptors (Lipinski definition) is 8. The summed E-state index contributed by atoms with van der Waals surface area (Å²) in [4.78, 5) is 29.8. The molecule has 3 rings (SSSR count). The van der Waals surface area contributed by atoms with E-state index in [1.165, 1.54) is 24.5 Å². The second-order valence-corrected chi connectivity index (χ2v) is 8.88. The number of carboxylic acid groups (broad SMARTS) is 1. The third-order valence-corrected chi connectivity index (χ3v) is 5.42. The van der Waals surface area contributed by atoms with E-state index in [0.717, 1.165) is 21.8 Å². The maximum atomic E-state index is 12.7. The van der Waals surface area contributed by atoms with Gasteiger partial charge in [-0.3, -0.25) is 4.98 Å². The van der Waals surface area contributed by atoms with E-state index in [9.17, 15) is 35.2 Å². The molecule has 11 nitrogen and oxygen atoms in total. The lowest BCUT2D eigenvalue weighted by atomic mass is 10.2. The summed E-state index contributed by atoms with van der Waals surface area (Å²) in [5.74, 6) is -2.61. The lowest BCUT2D eigenvalue weighted by molar-refractivity contribution is -0.192. The zero-order chi connectivity index (χ0) is 27.3. The molecule has 2 heterocycles. The number of carbonyl (C=O) groups is 1. The molecule has 0 unspecified atom stereocenters. The van der Waals surface area contributed by atoms with Gasteiger partial charge in [0.15, 0.2) is 15.7 Å². The molecule has 0 atom stereocenters. The van der Waals surface area contributed by atoms with Crippen molar-refractivity contribution in [3.8, 4) is 17.1 Å². The first kappa shape index (κ1) is 28.2. The quantitative estimate of drug-likeness (QED) is 0.446. The first-order valence-corrected chi connectivity index (χ1v) is 11.3. The minimum atomic E-state index is -5.08. The van der Waals surface area contributed by atoms with Crippen molar-refractivity contribution in [1.29, 1.82) is 0 Å². The fraction of sp³-hybridized carbons (Fsp3) is 0.211. The molecule has 3 aromatic rings. The molecule has 1 aromatic carbocycles. The van der Waals surface area contributed by atoms with Gasteiger partial charge < -0.3 is 10.8 Å². The standard InChI is InChI=1S/C17H16F2N6O3S.C2HF3O2/c1-29(27,28)13-4-2-11(3-5-13)14-7-22-15(8-21-14)24-10-23-25(17(24)26)9-12(6-20)16(18)19;3-2(4,5)1(6)7/h2-5,7-8,10H,6,9,20H2,1H3;(H,6,7). The highest BCUT2D eigenvalue weighted by molar-refractivity contribution is 7.90. The highest BCUT2D eigenvalue weighted by Gasteiger charge is 2.38. The van der Waals surface area contributed by atoms with E-state index in [-0.39, 0.29) is 10.7 Å². The Hall–Kier alpha value is -3.99. The summed E-state index contributed by atoms with van der Waals surface area (Å²) < 4.78 is 82.2. The SMILES string of the molecule is CS(=O)(=O)c1ccc(-c2cnc(-n3cnn(CC(CN)=C(F)F)c3=O)cn2)cc1.O=C(O)C(F)(F)F. The van der Waals surface area contributed by atoms with Crippen LogP contribution in [-0.4, -0.2) is 62.8 Å². The van der Waals surface area contributed by atoms with Crippen LogP contribution in [0.25, 0.3) is 17.1 Å². The van der Waals surface area contributed by atoms with E-state index in [2.05, 4.69) is 15.1 Å². The molecule has 0 fully saturated rings. The summed E-state index contributed by atoms with van der Waals surface area (Å²) in [5, 5.41) is 10.9. The fourth-order valence-electron chi connectivity index (χ4n) is 2.45. The Kier molecular flexibility index (Phi) is 8.76. The number of benzene rings is 1. The maximum Gasteiger partial charge on any atom is 0.490 e. The number of alkyl halides is 3. The van der Waals surface area contributed by atoms with Crippen LogP contribution in [0.4, 0.5) is 22.0 Å². The van der Waals surface area contributed by atoms with Gasteiger partial charge in [0.2, 0.25) is 0 Å². The van der Waals surface area contributed by atoms with Gasteiger partial charge in [0.1, 0.15) is 6.33 Å². The molecule has 0 spiro atoms. The minimum Gasteiger partial charge on any atom is -0.475 e.